The Hall–Kier alpha value is -8.14. The SMILES string of the molecule is CCOC(=O)Cn1nc(C(C)C)c(Cc2cc(Cl)cc(Cl)c2)c1OCc1ccc(O)cc1.CCOC(=O)Cn1nc(C(C)C)c(Cc2cc(Cl)cc(Cl)c2)c1OCc1ccc(OCOC)cc1.CCOC(=O)Cn1nc(C(C)C)c(Cc2cc(Cl)cc(Cl)c2)c1OCc1ccc(OCP(=O)(OCC)OCC)cc1.CCOP(=O)(COS(=O)(=O)C(F)(F)F)OCC. The van der Waals surface area contributed by atoms with Crippen molar-refractivity contribution in [3.63, 3.8) is 0 Å². The Kier molecular flexibility index (Phi) is 43.7. The number of alkyl halides is 3. The van der Waals surface area contributed by atoms with Gasteiger partial charge in [-0.25, -0.2) is 14.0 Å². The Balaban J connectivity index is 0.000000267. The van der Waals surface area contributed by atoms with Crippen molar-refractivity contribution >= 4 is 113 Å². The van der Waals surface area contributed by atoms with Gasteiger partial charge in [-0.1, -0.05) is 148 Å². The number of carbonyl (C=O) groups excluding carboxylic acids is 3. The summed E-state index contributed by atoms with van der Waals surface area (Å²) in [6.07, 6.45) is -0.0569. The summed E-state index contributed by atoms with van der Waals surface area (Å²) < 4.78 is 159. The van der Waals surface area contributed by atoms with Gasteiger partial charge in [-0.05, 0) is 191 Å². The van der Waals surface area contributed by atoms with E-state index in [1.807, 2.05) is 114 Å². The van der Waals surface area contributed by atoms with Crippen molar-refractivity contribution in [2.24, 2.45) is 0 Å². The summed E-state index contributed by atoms with van der Waals surface area (Å²) in [6, 6.07) is 37.7. The van der Waals surface area contributed by atoms with E-state index in [1.54, 1.807) is 110 Å². The maximum Gasteiger partial charge on any atom is 0.523 e. The van der Waals surface area contributed by atoms with Crippen molar-refractivity contribution in [3.05, 3.63) is 225 Å². The van der Waals surface area contributed by atoms with Crippen molar-refractivity contribution in [2.45, 2.75) is 172 Å². The maximum absolute atomic E-state index is 12.7. The van der Waals surface area contributed by atoms with Crippen LogP contribution >= 0.6 is 84.8 Å². The number of aromatic hydroxyl groups is 1. The van der Waals surface area contributed by atoms with Crippen molar-refractivity contribution < 1.29 is 115 Å². The standard InChI is InChI=1S/C29H37Cl2N2O7P.C26H30Cl2N2O5.C24H26Cl2N2O4.C6H12F3O6PS/c1-6-36-27(34)17-33-29(26(28(32-33)20(4)5)15-22-13-23(30)16-24(31)14-22)37-18-21-9-11-25(12-10-21)38-19-41(35,39-7-2)40-8-3;1-5-33-24(31)14-30-26(34-15-18-6-8-22(9-7-18)35-16-32-4)23(25(29-30)17(2)3)12-19-10-20(27)13-21(28)11-19;1-4-31-22(30)13-28-24(32-14-16-5-7-20(29)8-6-16)21(23(27-28)15(2)3)11-17-9-18(25)12-19(26)10-17;1-3-13-16(10,14-4-2)5-15-17(11,12)6(7,8)9/h9-14,16,20H,6-8,15,17-19H2,1-5H3;6-11,13,17H,5,12,14-16H2,1-4H3;5-10,12,15,29H,4,11,13-14H2,1-3H3;3-5H2,1-2H3. The average molecular weight is 1930 g/mol. The minimum atomic E-state index is -5.80. The van der Waals surface area contributed by atoms with Gasteiger partial charge in [0.15, 0.2) is 19.5 Å². The van der Waals surface area contributed by atoms with Gasteiger partial charge in [0.05, 0.1) is 63.3 Å². The molecule has 0 aliphatic heterocycles. The van der Waals surface area contributed by atoms with Crippen LogP contribution in [-0.2, 0) is 134 Å². The second-order valence-electron chi connectivity index (χ2n) is 27.9. The normalized spacial score (nSPS) is 11.6. The van der Waals surface area contributed by atoms with Crippen LogP contribution in [0.1, 0.15) is 175 Å². The van der Waals surface area contributed by atoms with Gasteiger partial charge in [-0.2, -0.15) is 36.9 Å². The number of esters is 3. The number of carbonyl (C=O) groups is 3. The Morgan fingerprint density at radius 2 is 0.696 bits per heavy atom. The molecule has 1 N–H and O–H groups in total. The molecular formula is C85H105Cl6F3N6O22P2S. The van der Waals surface area contributed by atoms with E-state index in [1.165, 1.54) is 13.8 Å². The Morgan fingerprint density at radius 3 is 0.960 bits per heavy atom. The average Bonchev–Trinajstić information content (AvgIpc) is 1.66. The fraction of sp³-hybridized carbons (Fsp3) is 0.435. The molecule has 0 aliphatic carbocycles. The van der Waals surface area contributed by atoms with Gasteiger partial charge in [-0.3, -0.25) is 27.7 Å². The predicted molar refractivity (Wildman–Crippen MR) is 471 cm³/mol. The largest absolute Gasteiger partial charge is 0.523 e. The molecule has 40 heteroatoms. The molecular weight excluding hydrogens is 1820 g/mol. The van der Waals surface area contributed by atoms with Crippen molar-refractivity contribution in [2.75, 3.05) is 72.8 Å². The van der Waals surface area contributed by atoms with Crippen LogP contribution in [-0.4, -0.2) is 139 Å². The molecule has 0 saturated carbocycles. The number of aromatic nitrogens is 6. The van der Waals surface area contributed by atoms with Gasteiger partial charge in [-0.15, -0.1) is 0 Å². The first-order valence-corrected chi connectivity index (χ1v) is 46.8. The van der Waals surface area contributed by atoms with Crippen molar-refractivity contribution in [1.82, 2.24) is 29.3 Å². The van der Waals surface area contributed by atoms with Gasteiger partial charge in [0.2, 0.25) is 17.6 Å². The fourth-order valence-corrected chi connectivity index (χ4v) is 17.1. The predicted octanol–water partition coefficient (Wildman–Crippen LogP) is 21.5. The van der Waals surface area contributed by atoms with E-state index in [2.05, 4.69) is 18.3 Å². The van der Waals surface area contributed by atoms with Crippen LogP contribution in [0.25, 0.3) is 0 Å². The highest BCUT2D eigenvalue weighted by Gasteiger charge is 2.49. The van der Waals surface area contributed by atoms with Crippen LogP contribution < -0.4 is 23.7 Å². The summed E-state index contributed by atoms with van der Waals surface area (Å²) in [5.41, 5.74) is 4.84. The third kappa shape index (κ3) is 34.8. The van der Waals surface area contributed by atoms with Gasteiger partial charge in [0, 0.05) is 73.2 Å². The zero-order valence-corrected chi connectivity index (χ0v) is 78.8. The summed E-state index contributed by atoms with van der Waals surface area (Å²) in [5, 5.41) is 26.9. The van der Waals surface area contributed by atoms with Crippen molar-refractivity contribution in [3.8, 4) is 34.9 Å². The zero-order valence-electron chi connectivity index (χ0n) is 71.7. The summed E-state index contributed by atoms with van der Waals surface area (Å²) in [6.45, 7) is 25.7. The Morgan fingerprint density at radius 1 is 0.416 bits per heavy atom. The third-order valence-corrected chi connectivity index (χ3v) is 23.0. The number of ether oxygens (including phenoxy) is 9. The molecule has 0 bridgehead atoms. The van der Waals surface area contributed by atoms with Gasteiger partial charge < -0.3 is 65.8 Å². The van der Waals surface area contributed by atoms with Gasteiger partial charge in [0.25, 0.3) is 0 Å². The first kappa shape index (κ1) is 106. The van der Waals surface area contributed by atoms with Crippen LogP contribution in [0.4, 0.5) is 13.2 Å². The number of nitrogens with zero attached hydrogens (tertiary/aromatic N) is 6. The molecule has 3 aromatic heterocycles. The zero-order chi connectivity index (χ0) is 92.4. The number of phenolic OH excluding ortho intramolecular Hbond substituents is 1. The van der Waals surface area contributed by atoms with Crippen LogP contribution in [0.5, 0.6) is 34.9 Å². The molecule has 0 amide bonds. The topological polar surface area (TPSA) is 322 Å². The van der Waals surface area contributed by atoms with Gasteiger partial charge >= 0.3 is 48.7 Å². The van der Waals surface area contributed by atoms with Crippen LogP contribution in [0, 0.1) is 0 Å². The third-order valence-electron chi connectivity index (χ3n) is 17.0. The van der Waals surface area contributed by atoms with E-state index in [0.29, 0.717) is 85.1 Å². The Bertz CT molecular complexity index is 5080. The molecule has 125 heavy (non-hydrogen) atoms. The molecule has 3 heterocycles. The molecule has 9 rings (SSSR count). The number of rotatable bonds is 44. The van der Waals surface area contributed by atoms with E-state index in [9.17, 15) is 50.2 Å². The molecule has 0 radical (unpaired) electrons. The molecule has 0 fully saturated rings. The van der Waals surface area contributed by atoms with Crippen LogP contribution in [0.3, 0.4) is 0 Å². The van der Waals surface area contributed by atoms with E-state index in [-0.39, 0.29) is 122 Å². The maximum atomic E-state index is 12.7. The molecule has 28 nitrogen and oxygen atoms in total. The van der Waals surface area contributed by atoms with E-state index >= 15 is 0 Å². The first-order valence-electron chi connectivity index (χ1n) is 39.6. The molecule has 6 aromatic carbocycles. The molecule has 0 aliphatic rings. The summed E-state index contributed by atoms with van der Waals surface area (Å²) in [4.78, 5) is 36.9. The molecule has 0 unspecified atom stereocenters. The summed E-state index contributed by atoms with van der Waals surface area (Å²) in [5.74, 6) is 1.94. The first-order chi connectivity index (χ1) is 59.2. The minimum absolute atomic E-state index is 0.0526. The number of hydrogen-bond donors (Lipinski definition) is 1. The Labute approximate surface area is 756 Å². The fourth-order valence-electron chi connectivity index (χ4n) is 11.8. The summed E-state index contributed by atoms with van der Waals surface area (Å²) >= 11 is 37.4. The van der Waals surface area contributed by atoms with E-state index in [4.69, 9.17) is 131 Å². The molecule has 0 saturated heterocycles. The number of halogens is 9. The summed E-state index contributed by atoms with van der Waals surface area (Å²) in [7, 11) is -11.5. The minimum Gasteiger partial charge on any atom is -0.508 e. The number of methoxy groups -OCH3 is 1. The molecule has 686 valence electrons. The quantitative estimate of drug-likeness (QED) is 0.00926. The molecule has 9 aromatic rings. The smallest absolute Gasteiger partial charge is 0.508 e. The van der Waals surface area contributed by atoms with E-state index < -0.39 is 49.1 Å². The van der Waals surface area contributed by atoms with E-state index in [0.717, 1.165) is 67.2 Å². The number of phenols is 1. The lowest BCUT2D eigenvalue weighted by atomic mass is 9.99. The molecule has 0 spiro atoms. The van der Waals surface area contributed by atoms with Crippen LogP contribution in [0.2, 0.25) is 30.1 Å². The second kappa shape index (κ2) is 51.8. The number of benzene rings is 6. The molecule has 0 atom stereocenters. The van der Waals surface area contributed by atoms with Crippen LogP contribution in [0.15, 0.2) is 127 Å². The lowest BCUT2D eigenvalue weighted by Gasteiger charge is -2.17. The highest BCUT2D eigenvalue weighted by molar-refractivity contribution is 7.87. The lowest BCUT2D eigenvalue weighted by Crippen LogP contribution is -2.26. The van der Waals surface area contributed by atoms with Crippen molar-refractivity contribution in [1.29, 1.82) is 0 Å². The second-order valence-corrected chi connectivity index (χ2v) is 36.1. The lowest BCUT2D eigenvalue weighted by molar-refractivity contribution is -0.145. The highest BCUT2D eigenvalue weighted by atomic mass is 35.5. The van der Waals surface area contributed by atoms with Gasteiger partial charge in [0.1, 0.15) is 56.7 Å². The number of hydrogen-bond acceptors (Lipinski definition) is 25. The highest BCUT2D eigenvalue weighted by Crippen LogP contribution is 2.50. The monoisotopic (exact) mass is 1920 g/mol.